The zero-order chi connectivity index (χ0) is 18.7. The number of nitrogens with zero attached hydrogens (tertiary/aromatic N) is 1. The Morgan fingerprint density at radius 1 is 1.04 bits per heavy atom. The van der Waals surface area contributed by atoms with Gasteiger partial charge in [0.15, 0.2) is 0 Å². The Labute approximate surface area is 147 Å². The zero-order valence-corrected chi connectivity index (χ0v) is 14.9. The highest BCUT2D eigenvalue weighted by molar-refractivity contribution is 7.11. The minimum Gasteiger partial charge on any atom is -0.465 e. The van der Waals surface area contributed by atoms with Crippen molar-refractivity contribution < 1.29 is 23.9 Å². The highest BCUT2D eigenvalue weighted by atomic mass is 32.1. The van der Waals surface area contributed by atoms with E-state index in [2.05, 4.69) is 14.8 Å². The van der Waals surface area contributed by atoms with Crippen LogP contribution in [0.3, 0.4) is 0 Å². The van der Waals surface area contributed by atoms with Gasteiger partial charge >= 0.3 is 16.8 Å². The summed E-state index contributed by atoms with van der Waals surface area (Å²) in [5, 5.41) is 2.58. The summed E-state index contributed by atoms with van der Waals surface area (Å²) in [5.41, 5.74) is 0.887. The topological polar surface area (TPSA) is 104 Å². The van der Waals surface area contributed by atoms with Crippen molar-refractivity contribution in [2.75, 3.05) is 19.5 Å². The van der Waals surface area contributed by atoms with Gasteiger partial charge in [-0.3, -0.25) is 9.59 Å². The number of benzene rings is 1. The molecule has 8 nitrogen and oxygen atoms in total. The molecule has 0 bridgehead atoms. The second-order valence-electron chi connectivity index (χ2n) is 5.08. The maximum absolute atomic E-state index is 12.4. The number of esters is 2. The predicted molar refractivity (Wildman–Crippen MR) is 91.4 cm³/mol. The minimum atomic E-state index is -0.665. The van der Waals surface area contributed by atoms with Crippen molar-refractivity contribution in [2.45, 2.75) is 6.92 Å². The van der Waals surface area contributed by atoms with Gasteiger partial charge in [-0.15, -0.1) is 0 Å². The van der Waals surface area contributed by atoms with E-state index in [1.165, 1.54) is 37.0 Å². The summed E-state index contributed by atoms with van der Waals surface area (Å²) in [6.07, 6.45) is 0. The van der Waals surface area contributed by atoms with Crippen molar-refractivity contribution in [3.63, 3.8) is 0 Å². The van der Waals surface area contributed by atoms with Crippen molar-refractivity contribution >= 4 is 34.9 Å². The maximum atomic E-state index is 12.4. The standard InChI is InChI=1S/C16H16N2O6S/c1-8-12(25-16(22)18(8)2)13(19)17-11-6-9(14(20)23-3)5-10(7-11)15(21)24-4/h5-7H,1-4H3,(H,17,19). The van der Waals surface area contributed by atoms with Crippen LogP contribution in [-0.4, -0.2) is 36.6 Å². The number of aromatic nitrogens is 1. The van der Waals surface area contributed by atoms with Crippen molar-refractivity contribution in [3.8, 4) is 0 Å². The second kappa shape index (κ2) is 7.31. The van der Waals surface area contributed by atoms with Gasteiger partial charge in [0, 0.05) is 18.4 Å². The van der Waals surface area contributed by atoms with Crippen LogP contribution in [-0.2, 0) is 16.5 Å². The highest BCUT2D eigenvalue weighted by Crippen LogP contribution is 2.19. The summed E-state index contributed by atoms with van der Waals surface area (Å²) in [5.74, 6) is -1.85. The van der Waals surface area contributed by atoms with E-state index < -0.39 is 17.8 Å². The van der Waals surface area contributed by atoms with Gasteiger partial charge in [-0.2, -0.15) is 0 Å². The minimum absolute atomic E-state index is 0.0821. The number of thiazole rings is 1. The fourth-order valence-corrected chi connectivity index (χ4v) is 2.97. The number of ether oxygens (including phenoxy) is 2. The van der Waals surface area contributed by atoms with Crippen LogP contribution in [0, 0.1) is 6.92 Å². The van der Waals surface area contributed by atoms with Crippen LogP contribution >= 0.6 is 11.3 Å². The summed E-state index contributed by atoms with van der Waals surface area (Å²) in [7, 11) is 3.98. The predicted octanol–water partition coefficient (Wildman–Crippen LogP) is 1.58. The molecule has 0 aliphatic carbocycles. The van der Waals surface area contributed by atoms with Crippen LogP contribution in [0.4, 0.5) is 5.69 Å². The molecule has 1 aromatic carbocycles. The molecule has 1 amide bonds. The number of anilines is 1. The Morgan fingerprint density at radius 3 is 1.96 bits per heavy atom. The summed E-state index contributed by atoms with van der Waals surface area (Å²) >= 11 is 0.810. The van der Waals surface area contributed by atoms with E-state index in [4.69, 9.17) is 0 Å². The van der Waals surface area contributed by atoms with Gasteiger partial charge in [0.05, 0.1) is 25.3 Å². The molecule has 1 aromatic heterocycles. The number of carbonyl (C=O) groups is 3. The molecule has 1 heterocycles. The Hall–Kier alpha value is -2.94. The molecule has 0 unspecified atom stereocenters. The maximum Gasteiger partial charge on any atom is 0.337 e. The first kappa shape index (κ1) is 18.4. The van der Waals surface area contributed by atoms with Gasteiger partial charge < -0.3 is 19.4 Å². The average Bonchev–Trinajstić information content (AvgIpc) is 2.87. The number of amides is 1. The molecule has 0 saturated heterocycles. The third-order valence-electron chi connectivity index (χ3n) is 3.53. The molecule has 0 spiro atoms. The average molecular weight is 364 g/mol. The third kappa shape index (κ3) is 3.77. The summed E-state index contributed by atoms with van der Waals surface area (Å²) < 4.78 is 10.6. The molecule has 9 heteroatoms. The molecule has 0 saturated carbocycles. The Balaban J connectivity index is 2.42. The monoisotopic (exact) mass is 364 g/mol. The van der Waals surface area contributed by atoms with Crippen LogP contribution in [0.5, 0.6) is 0 Å². The molecule has 0 aliphatic heterocycles. The lowest BCUT2D eigenvalue weighted by Crippen LogP contribution is -2.14. The lowest BCUT2D eigenvalue weighted by Gasteiger charge is -2.09. The van der Waals surface area contributed by atoms with Crippen molar-refractivity contribution in [3.05, 3.63) is 49.6 Å². The quantitative estimate of drug-likeness (QED) is 0.826. The lowest BCUT2D eigenvalue weighted by molar-refractivity contribution is 0.0599. The first-order valence-corrected chi connectivity index (χ1v) is 7.89. The van der Waals surface area contributed by atoms with Gasteiger partial charge in [-0.05, 0) is 25.1 Å². The van der Waals surface area contributed by atoms with Gasteiger partial charge in [-0.1, -0.05) is 11.3 Å². The van der Waals surface area contributed by atoms with Crippen LogP contribution in [0.25, 0.3) is 0 Å². The Kier molecular flexibility index (Phi) is 5.38. The van der Waals surface area contributed by atoms with Crippen molar-refractivity contribution in [1.29, 1.82) is 0 Å². The summed E-state index contributed by atoms with van der Waals surface area (Å²) in [4.78, 5) is 47.6. The van der Waals surface area contributed by atoms with E-state index in [1.54, 1.807) is 14.0 Å². The molecule has 0 atom stereocenters. The number of hydrogen-bond acceptors (Lipinski definition) is 7. The van der Waals surface area contributed by atoms with Crippen LogP contribution in [0.2, 0.25) is 0 Å². The first-order chi connectivity index (χ1) is 11.8. The van der Waals surface area contributed by atoms with E-state index in [1.807, 2.05) is 0 Å². The first-order valence-electron chi connectivity index (χ1n) is 7.08. The molecular weight excluding hydrogens is 348 g/mol. The number of rotatable bonds is 4. The van der Waals surface area contributed by atoms with E-state index in [0.29, 0.717) is 5.69 Å². The number of hydrogen-bond donors (Lipinski definition) is 1. The molecule has 2 aromatic rings. The lowest BCUT2D eigenvalue weighted by atomic mass is 10.1. The molecule has 2 rings (SSSR count). The molecule has 0 aliphatic rings. The molecule has 25 heavy (non-hydrogen) atoms. The van der Waals surface area contributed by atoms with E-state index in [-0.39, 0.29) is 26.6 Å². The highest BCUT2D eigenvalue weighted by Gasteiger charge is 2.19. The Morgan fingerprint density at radius 2 is 1.56 bits per heavy atom. The van der Waals surface area contributed by atoms with Crippen molar-refractivity contribution in [1.82, 2.24) is 4.57 Å². The van der Waals surface area contributed by atoms with Gasteiger partial charge in [0.1, 0.15) is 4.88 Å². The Bertz CT molecular complexity index is 878. The molecule has 0 radical (unpaired) electrons. The zero-order valence-electron chi connectivity index (χ0n) is 14.0. The van der Waals surface area contributed by atoms with Crippen LogP contribution < -0.4 is 10.2 Å². The molecule has 132 valence electrons. The SMILES string of the molecule is COC(=O)c1cc(NC(=O)c2sc(=O)n(C)c2C)cc(C(=O)OC)c1. The fourth-order valence-electron chi connectivity index (χ4n) is 2.09. The van der Waals surface area contributed by atoms with Gasteiger partial charge in [0.2, 0.25) is 0 Å². The van der Waals surface area contributed by atoms with E-state index >= 15 is 0 Å². The van der Waals surface area contributed by atoms with Crippen molar-refractivity contribution in [2.24, 2.45) is 7.05 Å². The normalized spacial score (nSPS) is 10.2. The largest absolute Gasteiger partial charge is 0.465 e. The third-order valence-corrected chi connectivity index (χ3v) is 4.67. The summed E-state index contributed by atoms with van der Waals surface area (Å²) in [6.45, 7) is 1.65. The van der Waals surface area contributed by atoms with Crippen LogP contribution in [0.15, 0.2) is 23.0 Å². The molecule has 0 fully saturated rings. The second-order valence-corrected chi connectivity index (χ2v) is 6.04. The summed E-state index contributed by atoms with van der Waals surface area (Å²) in [6, 6.07) is 4.05. The number of methoxy groups -OCH3 is 2. The number of carbonyl (C=O) groups excluding carboxylic acids is 3. The van der Waals surface area contributed by atoms with Gasteiger partial charge in [-0.25, -0.2) is 9.59 Å². The molecular formula is C16H16N2O6S. The smallest absolute Gasteiger partial charge is 0.337 e. The molecule has 1 N–H and O–H groups in total. The number of nitrogens with one attached hydrogen (secondary N) is 1. The van der Waals surface area contributed by atoms with Crippen LogP contribution in [0.1, 0.15) is 36.1 Å². The van der Waals surface area contributed by atoms with Gasteiger partial charge in [0.25, 0.3) is 5.91 Å². The van der Waals surface area contributed by atoms with E-state index in [0.717, 1.165) is 11.3 Å². The van der Waals surface area contributed by atoms with E-state index in [9.17, 15) is 19.2 Å². The fraction of sp³-hybridized carbons (Fsp3) is 0.250.